The highest BCUT2D eigenvalue weighted by Crippen LogP contribution is 2.21. The highest BCUT2D eigenvalue weighted by Gasteiger charge is 2.17. The monoisotopic (exact) mass is 360 g/mol. The summed E-state index contributed by atoms with van der Waals surface area (Å²) in [4.78, 5) is 12.7. The van der Waals surface area contributed by atoms with Crippen molar-refractivity contribution in [3.8, 4) is 0 Å². The highest BCUT2D eigenvalue weighted by molar-refractivity contribution is 7.89. The van der Waals surface area contributed by atoms with Gasteiger partial charge in [0.15, 0.2) is 0 Å². The maximum atomic E-state index is 12.6. The zero-order chi connectivity index (χ0) is 18.6. The maximum absolute atomic E-state index is 12.6. The fourth-order valence-corrected chi connectivity index (χ4v) is 3.34. The predicted octanol–water partition coefficient (Wildman–Crippen LogP) is 3.09. The van der Waals surface area contributed by atoms with E-state index in [0.29, 0.717) is 5.56 Å². The molecule has 0 saturated heterocycles. The van der Waals surface area contributed by atoms with E-state index < -0.39 is 10.0 Å². The molecule has 6 heteroatoms. The Hall–Kier alpha value is -2.18. The van der Waals surface area contributed by atoms with Crippen LogP contribution in [0.5, 0.6) is 0 Å². The Balaban J connectivity index is 2.25. The maximum Gasteiger partial charge on any atom is 0.251 e. The molecule has 0 heterocycles. The standard InChI is InChI=1S/C19H24N2O3S/c1-5-18(15-10-9-13(2)14(3)11-15)21-19(22)16-7-6-8-17(12-16)25(23,24)20-4/h6-12,18,20H,5H2,1-4H3,(H,21,22)/t18-/m0/s1. The molecule has 0 radical (unpaired) electrons. The largest absolute Gasteiger partial charge is 0.345 e. The van der Waals surface area contributed by atoms with E-state index in [2.05, 4.69) is 16.1 Å². The first-order valence-corrected chi connectivity index (χ1v) is 9.68. The number of amides is 1. The van der Waals surface area contributed by atoms with Crippen molar-refractivity contribution >= 4 is 15.9 Å². The van der Waals surface area contributed by atoms with E-state index >= 15 is 0 Å². The number of rotatable bonds is 6. The lowest BCUT2D eigenvalue weighted by Gasteiger charge is -2.19. The summed E-state index contributed by atoms with van der Waals surface area (Å²) in [5.41, 5.74) is 3.73. The minimum Gasteiger partial charge on any atom is -0.345 e. The zero-order valence-corrected chi connectivity index (χ0v) is 15.8. The number of aryl methyl sites for hydroxylation is 2. The highest BCUT2D eigenvalue weighted by atomic mass is 32.2. The first-order chi connectivity index (χ1) is 11.8. The summed E-state index contributed by atoms with van der Waals surface area (Å²) < 4.78 is 26.1. The van der Waals surface area contributed by atoms with E-state index in [4.69, 9.17) is 0 Å². The minimum absolute atomic E-state index is 0.0712. The molecule has 1 amide bonds. The van der Waals surface area contributed by atoms with Crippen molar-refractivity contribution in [3.05, 3.63) is 64.7 Å². The van der Waals surface area contributed by atoms with Gasteiger partial charge in [0.05, 0.1) is 10.9 Å². The van der Waals surface area contributed by atoms with Gasteiger partial charge >= 0.3 is 0 Å². The molecule has 0 aromatic heterocycles. The van der Waals surface area contributed by atoms with Crippen molar-refractivity contribution in [2.75, 3.05) is 7.05 Å². The number of nitrogens with one attached hydrogen (secondary N) is 2. The van der Waals surface area contributed by atoms with Crippen LogP contribution >= 0.6 is 0 Å². The molecular weight excluding hydrogens is 336 g/mol. The zero-order valence-electron chi connectivity index (χ0n) is 15.0. The summed E-state index contributed by atoms with van der Waals surface area (Å²) in [5.74, 6) is -0.293. The van der Waals surface area contributed by atoms with Crippen LogP contribution in [0.1, 0.15) is 46.4 Å². The average molecular weight is 360 g/mol. The van der Waals surface area contributed by atoms with Crippen LogP contribution in [0, 0.1) is 13.8 Å². The number of benzene rings is 2. The second-order valence-corrected chi connectivity index (χ2v) is 7.90. The molecule has 5 nitrogen and oxygen atoms in total. The molecule has 0 spiro atoms. The van der Waals surface area contributed by atoms with Crippen LogP contribution in [-0.2, 0) is 10.0 Å². The molecule has 0 aliphatic carbocycles. The third-order valence-electron chi connectivity index (χ3n) is 4.32. The van der Waals surface area contributed by atoms with Crippen molar-refractivity contribution < 1.29 is 13.2 Å². The third kappa shape index (κ3) is 4.46. The van der Waals surface area contributed by atoms with E-state index in [-0.39, 0.29) is 16.8 Å². The Kier molecular flexibility index (Phi) is 5.98. The molecule has 25 heavy (non-hydrogen) atoms. The number of hydrogen-bond donors (Lipinski definition) is 2. The Morgan fingerprint density at radius 3 is 2.40 bits per heavy atom. The first kappa shape index (κ1) is 19.1. The molecule has 134 valence electrons. The molecule has 0 saturated carbocycles. The van der Waals surface area contributed by atoms with Crippen LogP contribution in [0.4, 0.5) is 0 Å². The number of sulfonamides is 1. The summed E-state index contributed by atoms with van der Waals surface area (Å²) in [6, 6.07) is 12.0. The summed E-state index contributed by atoms with van der Waals surface area (Å²) in [5, 5.41) is 2.99. The molecule has 2 rings (SSSR count). The van der Waals surface area contributed by atoms with E-state index in [1.807, 2.05) is 32.9 Å². The normalized spacial score (nSPS) is 12.6. The Labute approximate surface area is 149 Å². The lowest BCUT2D eigenvalue weighted by Crippen LogP contribution is -2.28. The fraction of sp³-hybridized carbons (Fsp3) is 0.316. The Morgan fingerprint density at radius 2 is 1.80 bits per heavy atom. The lowest BCUT2D eigenvalue weighted by molar-refractivity contribution is 0.0935. The van der Waals surface area contributed by atoms with Gasteiger partial charge in [-0.2, -0.15) is 0 Å². The molecular formula is C19H24N2O3S. The van der Waals surface area contributed by atoms with Crippen molar-refractivity contribution in [1.29, 1.82) is 0 Å². The van der Waals surface area contributed by atoms with Gasteiger partial charge in [0.1, 0.15) is 0 Å². The number of carbonyl (C=O) groups excluding carboxylic acids is 1. The molecule has 0 fully saturated rings. The van der Waals surface area contributed by atoms with E-state index in [9.17, 15) is 13.2 Å². The second-order valence-electron chi connectivity index (χ2n) is 6.01. The van der Waals surface area contributed by atoms with Crippen LogP contribution in [0.15, 0.2) is 47.4 Å². The van der Waals surface area contributed by atoms with Crippen molar-refractivity contribution in [3.63, 3.8) is 0 Å². The molecule has 0 aliphatic heterocycles. The van der Waals surface area contributed by atoms with E-state index in [1.165, 1.54) is 30.3 Å². The van der Waals surface area contributed by atoms with Gasteiger partial charge in [0.2, 0.25) is 10.0 Å². The Morgan fingerprint density at radius 1 is 1.08 bits per heavy atom. The van der Waals surface area contributed by atoms with E-state index in [0.717, 1.165) is 12.0 Å². The number of hydrogen-bond acceptors (Lipinski definition) is 3. The fourth-order valence-electron chi connectivity index (χ4n) is 2.57. The van der Waals surface area contributed by atoms with Crippen molar-refractivity contribution in [1.82, 2.24) is 10.0 Å². The lowest BCUT2D eigenvalue weighted by atomic mass is 9.99. The van der Waals surface area contributed by atoms with Crippen LogP contribution < -0.4 is 10.0 Å². The summed E-state index contributed by atoms with van der Waals surface area (Å²) in [7, 11) is -2.24. The van der Waals surface area contributed by atoms with Gasteiger partial charge in [0.25, 0.3) is 5.91 Å². The molecule has 2 aromatic carbocycles. The van der Waals surface area contributed by atoms with E-state index in [1.54, 1.807) is 12.1 Å². The summed E-state index contributed by atoms with van der Waals surface area (Å²) >= 11 is 0. The smallest absolute Gasteiger partial charge is 0.251 e. The van der Waals surface area contributed by atoms with Gasteiger partial charge in [-0.1, -0.05) is 31.2 Å². The molecule has 2 N–H and O–H groups in total. The van der Waals surface area contributed by atoms with Gasteiger partial charge < -0.3 is 5.32 Å². The quantitative estimate of drug-likeness (QED) is 0.831. The number of carbonyl (C=O) groups is 1. The van der Waals surface area contributed by atoms with Crippen LogP contribution in [0.2, 0.25) is 0 Å². The predicted molar refractivity (Wildman–Crippen MR) is 99.1 cm³/mol. The summed E-state index contributed by atoms with van der Waals surface area (Å²) in [6.07, 6.45) is 0.739. The van der Waals surface area contributed by atoms with Gasteiger partial charge in [-0.05, 0) is 62.2 Å². The van der Waals surface area contributed by atoms with Crippen molar-refractivity contribution in [2.24, 2.45) is 0 Å². The summed E-state index contributed by atoms with van der Waals surface area (Å²) in [6.45, 7) is 6.09. The van der Waals surface area contributed by atoms with Crippen LogP contribution in [-0.4, -0.2) is 21.4 Å². The average Bonchev–Trinajstić information content (AvgIpc) is 2.62. The van der Waals surface area contributed by atoms with Gasteiger partial charge in [0, 0.05) is 5.56 Å². The third-order valence-corrected chi connectivity index (χ3v) is 5.73. The first-order valence-electron chi connectivity index (χ1n) is 8.20. The van der Waals surface area contributed by atoms with Crippen molar-refractivity contribution in [2.45, 2.75) is 38.1 Å². The topological polar surface area (TPSA) is 75.3 Å². The molecule has 1 atom stereocenters. The molecule has 2 aromatic rings. The SMILES string of the molecule is CC[C@H](NC(=O)c1cccc(S(=O)(=O)NC)c1)c1ccc(C)c(C)c1. The van der Waals surface area contributed by atoms with Gasteiger partial charge in [-0.25, -0.2) is 13.1 Å². The van der Waals surface area contributed by atoms with Crippen LogP contribution in [0.3, 0.4) is 0 Å². The van der Waals surface area contributed by atoms with Gasteiger partial charge in [-0.3, -0.25) is 4.79 Å². The molecule has 0 aliphatic rings. The molecule has 0 bridgehead atoms. The van der Waals surface area contributed by atoms with Gasteiger partial charge in [-0.15, -0.1) is 0 Å². The Bertz CT molecular complexity index is 876. The van der Waals surface area contributed by atoms with Crippen LogP contribution in [0.25, 0.3) is 0 Å². The molecule has 0 unspecified atom stereocenters. The second kappa shape index (κ2) is 7.80. The minimum atomic E-state index is -3.58.